The van der Waals surface area contributed by atoms with E-state index < -0.39 is 0 Å². The Bertz CT molecular complexity index is 1390. The second-order valence-electron chi connectivity index (χ2n) is 7.19. The molecular formula is C22H18ClN7OS. The molecule has 0 aliphatic heterocycles. The summed E-state index contributed by atoms with van der Waals surface area (Å²) in [4.78, 5) is 29.4. The van der Waals surface area contributed by atoms with Crippen LogP contribution in [0.5, 0.6) is 0 Å². The molecule has 32 heavy (non-hydrogen) atoms. The molecule has 0 radical (unpaired) electrons. The Labute approximate surface area is 192 Å². The number of aryl methyl sites for hydroxylation is 1. The minimum absolute atomic E-state index is 0.250. The third-order valence-corrected chi connectivity index (χ3v) is 6.09. The molecule has 0 aliphatic rings. The number of thiazole rings is 1. The van der Waals surface area contributed by atoms with E-state index >= 15 is 0 Å². The number of para-hydroxylation sites is 1. The van der Waals surface area contributed by atoms with Crippen LogP contribution in [0.1, 0.15) is 21.1 Å². The second kappa shape index (κ2) is 8.45. The number of anilines is 3. The maximum absolute atomic E-state index is 12.6. The third-order valence-electron chi connectivity index (χ3n) is 4.86. The molecule has 3 heterocycles. The first-order chi connectivity index (χ1) is 15.5. The minimum atomic E-state index is -0.250. The lowest BCUT2D eigenvalue weighted by molar-refractivity contribution is 0.103. The van der Waals surface area contributed by atoms with Crippen molar-refractivity contribution < 1.29 is 4.79 Å². The number of hydrogen-bond acceptors (Lipinski definition) is 6. The number of nitrogens with one attached hydrogen (secondary N) is 3. The lowest BCUT2D eigenvalue weighted by Gasteiger charge is -2.08. The summed E-state index contributed by atoms with van der Waals surface area (Å²) in [6, 6.07) is 11.3. The van der Waals surface area contributed by atoms with E-state index in [2.05, 4.69) is 30.6 Å². The van der Waals surface area contributed by atoms with Crippen molar-refractivity contribution in [1.29, 1.82) is 0 Å². The molecule has 3 aromatic heterocycles. The minimum Gasteiger partial charge on any atom is -0.340 e. The first kappa shape index (κ1) is 20.2. The van der Waals surface area contributed by atoms with E-state index in [0.717, 1.165) is 28.1 Å². The van der Waals surface area contributed by atoms with Crippen LogP contribution in [-0.4, -0.2) is 30.4 Å². The van der Waals surface area contributed by atoms with Crippen LogP contribution in [0.3, 0.4) is 0 Å². The number of halogens is 1. The highest BCUT2D eigenvalue weighted by Gasteiger charge is 2.14. The first-order valence-corrected chi connectivity index (χ1v) is 11.0. The van der Waals surface area contributed by atoms with Crippen molar-refractivity contribution in [2.75, 3.05) is 10.6 Å². The number of aromatic amines is 1. The van der Waals surface area contributed by atoms with Gasteiger partial charge in [-0.2, -0.15) is 0 Å². The number of imidazole rings is 2. The molecular weight excluding hydrogens is 446 g/mol. The molecule has 0 saturated carbocycles. The number of fused-ring (bicyclic) bond motifs is 1. The molecule has 0 atom stereocenters. The van der Waals surface area contributed by atoms with Crippen LogP contribution in [0.25, 0.3) is 11.0 Å². The maximum atomic E-state index is 12.6. The lowest BCUT2D eigenvalue weighted by Crippen LogP contribution is -2.11. The first-order valence-electron chi connectivity index (χ1n) is 9.79. The monoisotopic (exact) mass is 463 g/mol. The van der Waals surface area contributed by atoms with Crippen LogP contribution < -0.4 is 10.6 Å². The van der Waals surface area contributed by atoms with E-state index in [1.54, 1.807) is 24.8 Å². The van der Waals surface area contributed by atoms with Crippen LogP contribution in [0, 0.1) is 6.92 Å². The van der Waals surface area contributed by atoms with Crippen molar-refractivity contribution in [3.05, 3.63) is 82.6 Å². The van der Waals surface area contributed by atoms with Crippen LogP contribution in [0.2, 0.25) is 5.02 Å². The molecule has 3 N–H and O–H groups in total. The zero-order valence-electron chi connectivity index (χ0n) is 17.0. The van der Waals surface area contributed by atoms with Crippen LogP contribution in [0.4, 0.5) is 16.5 Å². The fourth-order valence-electron chi connectivity index (χ4n) is 3.29. The molecule has 0 bridgehead atoms. The zero-order valence-corrected chi connectivity index (χ0v) is 18.5. The molecule has 0 aliphatic carbocycles. The molecule has 5 aromatic rings. The van der Waals surface area contributed by atoms with E-state index in [1.165, 1.54) is 11.3 Å². The molecule has 1 amide bonds. The highest BCUT2D eigenvalue weighted by molar-refractivity contribution is 7.17. The van der Waals surface area contributed by atoms with Crippen molar-refractivity contribution in [1.82, 2.24) is 24.5 Å². The molecule has 0 spiro atoms. The summed E-state index contributed by atoms with van der Waals surface area (Å²) in [5.74, 6) is 0.595. The van der Waals surface area contributed by atoms with Gasteiger partial charge in [-0.05, 0) is 36.8 Å². The van der Waals surface area contributed by atoms with Gasteiger partial charge in [0.15, 0.2) is 5.13 Å². The van der Waals surface area contributed by atoms with Gasteiger partial charge in [0.05, 0.1) is 40.8 Å². The fourth-order valence-corrected chi connectivity index (χ4v) is 4.29. The summed E-state index contributed by atoms with van der Waals surface area (Å²) in [6.07, 6.45) is 6.93. The van der Waals surface area contributed by atoms with Gasteiger partial charge in [0.1, 0.15) is 10.7 Å². The molecule has 160 valence electrons. The predicted octanol–water partition coefficient (Wildman–Crippen LogP) is 5.22. The molecule has 10 heteroatoms. The molecule has 0 unspecified atom stereocenters. The van der Waals surface area contributed by atoms with Crippen molar-refractivity contribution >= 4 is 56.4 Å². The molecule has 2 aromatic carbocycles. The van der Waals surface area contributed by atoms with Crippen molar-refractivity contribution in [2.45, 2.75) is 13.5 Å². The number of aromatic nitrogens is 5. The number of carbonyl (C=O) groups is 1. The Morgan fingerprint density at radius 3 is 3.00 bits per heavy atom. The predicted molar refractivity (Wildman–Crippen MR) is 127 cm³/mol. The lowest BCUT2D eigenvalue weighted by atomic mass is 10.2. The summed E-state index contributed by atoms with van der Waals surface area (Å²) >= 11 is 7.48. The topological polar surface area (TPSA) is 101 Å². The van der Waals surface area contributed by atoms with Gasteiger partial charge in [-0.15, -0.1) is 0 Å². The van der Waals surface area contributed by atoms with E-state index in [1.807, 2.05) is 48.0 Å². The summed E-state index contributed by atoms with van der Waals surface area (Å²) in [5, 5.41) is 7.24. The normalized spacial score (nSPS) is 11.1. The van der Waals surface area contributed by atoms with Gasteiger partial charge in [-0.25, -0.2) is 15.0 Å². The van der Waals surface area contributed by atoms with Crippen molar-refractivity contribution in [3.8, 4) is 0 Å². The van der Waals surface area contributed by atoms with Crippen molar-refractivity contribution in [2.24, 2.45) is 0 Å². The van der Waals surface area contributed by atoms with E-state index in [0.29, 0.717) is 27.3 Å². The van der Waals surface area contributed by atoms with E-state index in [4.69, 9.17) is 11.6 Å². The number of rotatable bonds is 6. The van der Waals surface area contributed by atoms with E-state index in [-0.39, 0.29) is 5.91 Å². The van der Waals surface area contributed by atoms with Gasteiger partial charge < -0.3 is 20.2 Å². The van der Waals surface area contributed by atoms with Gasteiger partial charge in [0, 0.05) is 18.1 Å². The quantitative estimate of drug-likeness (QED) is 0.320. The van der Waals surface area contributed by atoms with E-state index in [9.17, 15) is 4.79 Å². The Morgan fingerprint density at radius 1 is 1.28 bits per heavy atom. The highest BCUT2D eigenvalue weighted by Crippen LogP contribution is 2.28. The number of carbonyl (C=O) groups excluding carboxylic acids is 1. The Balaban J connectivity index is 1.30. The SMILES string of the molecule is Cc1cccc(Cl)c1NC(=O)c1cnc(Nc2ccc3nc(Cn4ccnc4)[nH]c3c2)s1. The average Bonchev–Trinajstić information content (AvgIpc) is 3.52. The summed E-state index contributed by atoms with van der Waals surface area (Å²) in [5.41, 5.74) is 4.14. The molecule has 0 fully saturated rings. The smallest absolute Gasteiger partial charge is 0.267 e. The fraction of sp³-hybridized carbons (Fsp3) is 0.0909. The number of H-pyrrole nitrogens is 1. The standard InChI is InChI=1S/C22H18ClN7OS/c1-13-3-2-4-15(23)20(13)29-21(31)18-10-25-22(32-18)26-14-5-6-16-17(9-14)28-19(27-16)11-30-8-7-24-12-30/h2-10,12H,11H2,1H3,(H,25,26)(H,27,28)(H,29,31). The number of hydrogen-bond donors (Lipinski definition) is 3. The number of amides is 1. The number of nitrogens with zero attached hydrogens (tertiary/aromatic N) is 4. The van der Waals surface area contributed by atoms with Crippen LogP contribution in [0.15, 0.2) is 61.3 Å². The van der Waals surface area contributed by atoms with Crippen molar-refractivity contribution in [3.63, 3.8) is 0 Å². The molecule has 0 saturated heterocycles. The van der Waals surface area contributed by atoms with Gasteiger partial charge in [0.25, 0.3) is 5.91 Å². The van der Waals surface area contributed by atoms with Crippen LogP contribution in [-0.2, 0) is 6.54 Å². The third kappa shape index (κ3) is 4.20. The highest BCUT2D eigenvalue weighted by atomic mass is 35.5. The largest absolute Gasteiger partial charge is 0.340 e. The average molecular weight is 464 g/mol. The van der Waals surface area contributed by atoms with Crippen LogP contribution >= 0.6 is 22.9 Å². The maximum Gasteiger partial charge on any atom is 0.267 e. The summed E-state index contributed by atoms with van der Waals surface area (Å²) in [6.45, 7) is 2.51. The Hall–Kier alpha value is -3.69. The van der Waals surface area contributed by atoms with Gasteiger partial charge in [-0.1, -0.05) is 35.1 Å². The van der Waals surface area contributed by atoms with Gasteiger partial charge in [0.2, 0.25) is 0 Å². The molecule has 5 rings (SSSR count). The van der Waals surface area contributed by atoms with Gasteiger partial charge in [-0.3, -0.25) is 4.79 Å². The Morgan fingerprint density at radius 2 is 2.19 bits per heavy atom. The summed E-state index contributed by atoms with van der Waals surface area (Å²) < 4.78 is 1.95. The number of benzene rings is 2. The van der Waals surface area contributed by atoms with Gasteiger partial charge >= 0.3 is 0 Å². The molecule has 8 nitrogen and oxygen atoms in total. The summed E-state index contributed by atoms with van der Waals surface area (Å²) in [7, 11) is 0. The second-order valence-corrected chi connectivity index (χ2v) is 8.63. The zero-order chi connectivity index (χ0) is 22.1. The Kier molecular flexibility index (Phi) is 5.34.